The third kappa shape index (κ3) is 2.35. The van der Waals surface area contributed by atoms with Crippen LogP contribution in [0.3, 0.4) is 0 Å². The van der Waals surface area contributed by atoms with Gasteiger partial charge in [0.15, 0.2) is 0 Å². The molecule has 2 rings (SSSR count). The molecule has 0 spiro atoms. The van der Waals surface area contributed by atoms with Crippen LogP contribution in [0.5, 0.6) is 5.88 Å². The Bertz CT molecular complexity index is 398. The van der Waals surface area contributed by atoms with Crippen LogP contribution >= 0.6 is 0 Å². The van der Waals surface area contributed by atoms with Crippen LogP contribution in [-0.2, 0) is 0 Å². The van der Waals surface area contributed by atoms with Crippen molar-refractivity contribution in [2.24, 2.45) is 5.92 Å². The molecule has 0 fully saturated rings. The van der Waals surface area contributed by atoms with Crippen LogP contribution in [0.25, 0.3) is 0 Å². The lowest BCUT2D eigenvalue weighted by atomic mass is 10.1. The quantitative estimate of drug-likeness (QED) is 0.703. The minimum Gasteiger partial charge on any atom is -0.476 e. The van der Waals surface area contributed by atoms with Crippen LogP contribution in [0, 0.1) is 17.2 Å². The number of rotatable bonds is 3. The van der Waals surface area contributed by atoms with Gasteiger partial charge < -0.3 is 4.74 Å². The molecule has 15 heavy (non-hydrogen) atoms. The van der Waals surface area contributed by atoms with Crippen LogP contribution < -0.4 is 4.74 Å². The standard InChI is InChI=1S/C12H12N2O/c13-8-11-6-3-7-14-12(11)15-9-10-4-1-2-5-10/h1-3,6-7,10H,4-5,9H2. The molecular formula is C12H12N2O. The third-order valence-electron chi connectivity index (χ3n) is 2.45. The molecule has 0 N–H and O–H groups in total. The summed E-state index contributed by atoms with van der Waals surface area (Å²) in [5.41, 5.74) is 0.503. The highest BCUT2D eigenvalue weighted by molar-refractivity contribution is 5.36. The van der Waals surface area contributed by atoms with Crippen molar-refractivity contribution < 1.29 is 4.74 Å². The van der Waals surface area contributed by atoms with Crippen molar-refractivity contribution in [3.8, 4) is 11.9 Å². The van der Waals surface area contributed by atoms with Gasteiger partial charge in [-0.05, 0) is 30.9 Å². The van der Waals surface area contributed by atoms with E-state index in [2.05, 4.69) is 23.2 Å². The molecule has 0 amide bonds. The van der Waals surface area contributed by atoms with E-state index < -0.39 is 0 Å². The molecule has 0 saturated carbocycles. The van der Waals surface area contributed by atoms with E-state index in [1.54, 1.807) is 18.3 Å². The second-order valence-corrected chi connectivity index (χ2v) is 3.59. The van der Waals surface area contributed by atoms with Crippen molar-refractivity contribution in [2.45, 2.75) is 12.8 Å². The Labute approximate surface area is 89.0 Å². The number of nitriles is 1. The van der Waals surface area contributed by atoms with Gasteiger partial charge in [0.05, 0.1) is 6.61 Å². The highest BCUT2D eigenvalue weighted by Crippen LogP contribution is 2.20. The zero-order valence-corrected chi connectivity index (χ0v) is 8.39. The van der Waals surface area contributed by atoms with Crippen molar-refractivity contribution >= 4 is 0 Å². The summed E-state index contributed by atoms with van der Waals surface area (Å²) in [7, 11) is 0. The molecule has 0 aromatic carbocycles. The summed E-state index contributed by atoms with van der Waals surface area (Å²) in [5, 5.41) is 8.83. The largest absolute Gasteiger partial charge is 0.476 e. The summed E-state index contributed by atoms with van der Waals surface area (Å²) in [6, 6.07) is 5.52. The lowest BCUT2D eigenvalue weighted by molar-refractivity contribution is 0.246. The van der Waals surface area contributed by atoms with Gasteiger partial charge in [-0.2, -0.15) is 5.26 Å². The lowest BCUT2D eigenvalue weighted by Crippen LogP contribution is -2.09. The zero-order chi connectivity index (χ0) is 10.5. The van der Waals surface area contributed by atoms with Gasteiger partial charge in [-0.15, -0.1) is 0 Å². The van der Waals surface area contributed by atoms with Gasteiger partial charge in [0.25, 0.3) is 0 Å². The Hall–Kier alpha value is -1.82. The second kappa shape index (κ2) is 4.61. The maximum absolute atomic E-state index is 8.83. The normalized spacial score (nSPS) is 15.1. The summed E-state index contributed by atoms with van der Waals surface area (Å²) in [6.45, 7) is 0.638. The van der Waals surface area contributed by atoms with Crippen LogP contribution in [0.15, 0.2) is 30.5 Å². The second-order valence-electron chi connectivity index (χ2n) is 3.59. The number of allylic oxidation sites excluding steroid dienone is 2. The Morgan fingerprint density at radius 2 is 2.27 bits per heavy atom. The van der Waals surface area contributed by atoms with Crippen LogP contribution in [0.4, 0.5) is 0 Å². The molecule has 0 saturated heterocycles. The first kappa shape index (κ1) is 9.72. The molecule has 0 unspecified atom stereocenters. The summed E-state index contributed by atoms with van der Waals surface area (Å²) < 4.78 is 5.54. The fraction of sp³-hybridized carbons (Fsp3) is 0.333. The Balaban J connectivity index is 1.96. The topological polar surface area (TPSA) is 45.9 Å². The number of hydrogen-bond acceptors (Lipinski definition) is 3. The number of aromatic nitrogens is 1. The molecule has 1 aliphatic rings. The van der Waals surface area contributed by atoms with Crippen molar-refractivity contribution in [3.63, 3.8) is 0 Å². The minimum atomic E-state index is 0.451. The Kier molecular flexibility index (Phi) is 2.99. The van der Waals surface area contributed by atoms with Gasteiger partial charge in [0.2, 0.25) is 5.88 Å². The van der Waals surface area contributed by atoms with Gasteiger partial charge in [-0.3, -0.25) is 0 Å². The fourth-order valence-corrected chi connectivity index (χ4v) is 1.60. The van der Waals surface area contributed by atoms with Gasteiger partial charge in [0, 0.05) is 6.20 Å². The molecule has 76 valence electrons. The van der Waals surface area contributed by atoms with E-state index in [9.17, 15) is 0 Å². The monoisotopic (exact) mass is 200 g/mol. The molecule has 1 aromatic heterocycles. The van der Waals surface area contributed by atoms with Gasteiger partial charge in [-0.1, -0.05) is 12.2 Å². The van der Waals surface area contributed by atoms with Crippen molar-refractivity contribution in [3.05, 3.63) is 36.0 Å². The molecule has 0 aliphatic heterocycles. The molecule has 1 heterocycles. The van der Waals surface area contributed by atoms with E-state index in [0.717, 1.165) is 12.8 Å². The predicted octanol–water partition coefficient (Wildman–Crippen LogP) is 2.30. The molecule has 0 atom stereocenters. The predicted molar refractivity (Wildman–Crippen MR) is 56.3 cm³/mol. The number of nitrogens with zero attached hydrogens (tertiary/aromatic N) is 2. The SMILES string of the molecule is N#Cc1cccnc1OCC1CC=CC1. The van der Waals surface area contributed by atoms with E-state index >= 15 is 0 Å². The summed E-state index contributed by atoms with van der Waals surface area (Å²) >= 11 is 0. The molecular weight excluding hydrogens is 188 g/mol. The molecule has 1 aliphatic carbocycles. The molecule has 1 aromatic rings. The van der Waals surface area contributed by atoms with Crippen molar-refractivity contribution in [2.75, 3.05) is 6.61 Å². The van der Waals surface area contributed by atoms with E-state index in [1.807, 2.05) is 0 Å². The van der Waals surface area contributed by atoms with E-state index in [0.29, 0.717) is 24.0 Å². The number of ether oxygens (including phenoxy) is 1. The highest BCUT2D eigenvalue weighted by atomic mass is 16.5. The first-order valence-electron chi connectivity index (χ1n) is 5.03. The Morgan fingerprint density at radius 1 is 1.47 bits per heavy atom. The van der Waals surface area contributed by atoms with Gasteiger partial charge >= 0.3 is 0 Å². The van der Waals surface area contributed by atoms with Crippen LogP contribution in [0.2, 0.25) is 0 Å². The zero-order valence-electron chi connectivity index (χ0n) is 8.39. The number of hydrogen-bond donors (Lipinski definition) is 0. The average Bonchev–Trinajstić information content (AvgIpc) is 2.79. The summed E-state index contributed by atoms with van der Waals surface area (Å²) in [6.07, 6.45) is 8.10. The minimum absolute atomic E-state index is 0.451. The maximum Gasteiger partial charge on any atom is 0.231 e. The first-order valence-corrected chi connectivity index (χ1v) is 5.03. The van der Waals surface area contributed by atoms with Gasteiger partial charge in [-0.25, -0.2) is 4.98 Å². The summed E-state index contributed by atoms with van der Waals surface area (Å²) in [5.74, 6) is 0.991. The van der Waals surface area contributed by atoms with Crippen LogP contribution in [0.1, 0.15) is 18.4 Å². The first-order chi connectivity index (χ1) is 7.40. The highest BCUT2D eigenvalue weighted by Gasteiger charge is 2.12. The van der Waals surface area contributed by atoms with E-state index in [1.165, 1.54) is 0 Å². The van der Waals surface area contributed by atoms with E-state index in [-0.39, 0.29) is 0 Å². The molecule has 0 radical (unpaired) electrons. The van der Waals surface area contributed by atoms with Gasteiger partial charge in [0.1, 0.15) is 11.6 Å². The molecule has 3 nitrogen and oxygen atoms in total. The smallest absolute Gasteiger partial charge is 0.231 e. The lowest BCUT2D eigenvalue weighted by Gasteiger charge is -2.10. The van der Waals surface area contributed by atoms with Crippen molar-refractivity contribution in [1.29, 1.82) is 5.26 Å². The Morgan fingerprint density at radius 3 is 3.00 bits per heavy atom. The average molecular weight is 200 g/mol. The molecule has 3 heteroatoms. The molecule has 0 bridgehead atoms. The maximum atomic E-state index is 8.83. The van der Waals surface area contributed by atoms with Crippen molar-refractivity contribution in [1.82, 2.24) is 4.98 Å². The third-order valence-corrected chi connectivity index (χ3v) is 2.45. The summed E-state index contributed by atoms with van der Waals surface area (Å²) in [4.78, 5) is 4.05. The fourth-order valence-electron chi connectivity index (χ4n) is 1.60. The van der Waals surface area contributed by atoms with Crippen LogP contribution in [-0.4, -0.2) is 11.6 Å². The van der Waals surface area contributed by atoms with E-state index in [4.69, 9.17) is 10.00 Å². The number of pyridine rings is 1.